The summed E-state index contributed by atoms with van der Waals surface area (Å²) in [7, 11) is 1.65. The fourth-order valence-corrected chi connectivity index (χ4v) is 3.44. The predicted molar refractivity (Wildman–Crippen MR) is 108 cm³/mol. The molecule has 28 heavy (non-hydrogen) atoms. The smallest absolute Gasteiger partial charge is 0.261 e. The molecule has 2 amide bonds. The third-order valence-corrected chi connectivity index (χ3v) is 4.89. The molecule has 0 saturated carbocycles. The third kappa shape index (κ3) is 4.63. The lowest BCUT2D eigenvalue weighted by Gasteiger charge is -2.26. The molecule has 0 radical (unpaired) electrons. The zero-order valence-electron chi connectivity index (χ0n) is 16.3. The van der Waals surface area contributed by atoms with Gasteiger partial charge in [-0.15, -0.1) is 0 Å². The lowest BCUT2D eigenvalue weighted by Crippen LogP contribution is -2.34. The minimum Gasteiger partial charge on any atom is -0.496 e. The van der Waals surface area contributed by atoms with E-state index in [9.17, 15) is 9.59 Å². The van der Waals surface area contributed by atoms with Gasteiger partial charge < -0.3 is 19.7 Å². The van der Waals surface area contributed by atoms with Crippen molar-refractivity contribution in [2.45, 2.75) is 32.2 Å². The first-order valence-corrected chi connectivity index (χ1v) is 9.57. The third-order valence-electron chi connectivity index (χ3n) is 4.89. The van der Waals surface area contributed by atoms with Gasteiger partial charge in [0.05, 0.1) is 13.2 Å². The van der Waals surface area contributed by atoms with E-state index in [0.717, 1.165) is 24.2 Å². The molecule has 6 heteroatoms. The van der Waals surface area contributed by atoms with Gasteiger partial charge >= 0.3 is 0 Å². The molecule has 1 aliphatic heterocycles. The number of carbonyl (C=O) groups excluding carboxylic acids is 2. The summed E-state index contributed by atoms with van der Waals surface area (Å²) in [6.07, 6.45) is 2.30. The average molecular weight is 382 g/mol. The largest absolute Gasteiger partial charge is 0.496 e. The second-order valence-corrected chi connectivity index (χ2v) is 6.70. The highest BCUT2D eigenvalue weighted by Crippen LogP contribution is 2.36. The molecule has 0 aromatic heterocycles. The molecule has 1 heterocycles. The first kappa shape index (κ1) is 19.7. The summed E-state index contributed by atoms with van der Waals surface area (Å²) in [6.45, 7) is 2.49. The zero-order valence-corrected chi connectivity index (χ0v) is 16.3. The molecule has 0 spiro atoms. The number of carbonyl (C=O) groups is 2. The average Bonchev–Trinajstić information content (AvgIpc) is 3.22. The number of rotatable bonds is 7. The van der Waals surface area contributed by atoms with Gasteiger partial charge in [-0.25, -0.2) is 0 Å². The zero-order chi connectivity index (χ0) is 19.9. The Morgan fingerprint density at radius 3 is 2.61 bits per heavy atom. The number of para-hydroxylation sites is 1. The molecular weight excluding hydrogens is 356 g/mol. The van der Waals surface area contributed by atoms with Crippen molar-refractivity contribution in [3.8, 4) is 11.5 Å². The summed E-state index contributed by atoms with van der Waals surface area (Å²) in [5.41, 5.74) is 1.74. The first-order chi connectivity index (χ1) is 13.6. The number of ether oxygens (including phenoxy) is 2. The van der Waals surface area contributed by atoms with Crippen molar-refractivity contribution in [3.63, 3.8) is 0 Å². The van der Waals surface area contributed by atoms with Gasteiger partial charge in [-0.1, -0.05) is 25.1 Å². The van der Waals surface area contributed by atoms with Gasteiger partial charge in [0.25, 0.3) is 5.91 Å². The maximum Gasteiger partial charge on any atom is 0.261 e. The van der Waals surface area contributed by atoms with Gasteiger partial charge in [-0.05, 0) is 43.2 Å². The summed E-state index contributed by atoms with van der Waals surface area (Å²) in [4.78, 5) is 26.0. The number of nitrogens with zero attached hydrogens (tertiary/aromatic N) is 1. The standard InChI is InChI=1S/C22H26N2O4/c1-3-21(25)23-16-10-12-17(13-11-16)28-15-22(26)24-14-6-8-19(24)18-7-4-5-9-20(18)27-2/h4-5,7,9-13,19H,3,6,8,14-15H2,1-2H3,(H,23,25). The summed E-state index contributed by atoms with van der Waals surface area (Å²) < 4.78 is 11.1. The number of likely N-dealkylation sites (tertiary alicyclic amines) is 1. The minimum atomic E-state index is -0.0447. The topological polar surface area (TPSA) is 67.9 Å². The second kappa shape index (κ2) is 9.26. The Morgan fingerprint density at radius 1 is 1.14 bits per heavy atom. The Hall–Kier alpha value is -3.02. The van der Waals surface area contributed by atoms with E-state index in [1.54, 1.807) is 38.3 Å². The van der Waals surface area contributed by atoms with Crippen LogP contribution in [0.5, 0.6) is 11.5 Å². The van der Waals surface area contributed by atoms with Crippen LogP contribution < -0.4 is 14.8 Å². The van der Waals surface area contributed by atoms with Crippen LogP contribution in [0.15, 0.2) is 48.5 Å². The number of hydrogen-bond acceptors (Lipinski definition) is 4. The summed E-state index contributed by atoms with van der Waals surface area (Å²) >= 11 is 0. The van der Waals surface area contributed by atoms with E-state index in [2.05, 4.69) is 5.32 Å². The van der Waals surface area contributed by atoms with Gasteiger partial charge in [-0.3, -0.25) is 9.59 Å². The molecule has 1 unspecified atom stereocenters. The second-order valence-electron chi connectivity index (χ2n) is 6.70. The Labute approximate surface area is 165 Å². The van der Waals surface area contributed by atoms with E-state index in [1.165, 1.54) is 0 Å². The molecule has 6 nitrogen and oxygen atoms in total. The van der Waals surface area contributed by atoms with Crippen LogP contribution in [0, 0.1) is 0 Å². The Bertz CT molecular complexity index is 820. The number of anilines is 1. The summed E-state index contributed by atoms with van der Waals surface area (Å²) in [5.74, 6) is 1.31. The number of amides is 2. The van der Waals surface area contributed by atoms with E-state index < -0.39 is 0 Å². The predicted octanol–water partition coefficient (Wildman–Crippen LogP) is 3.79. The molecule has 2 aromatic carbocycles. The van der Waals surface area contributed by atoms with Crippen molar-refractivity contribution in [1.82, 2.24) is 4.90 Å². The summed E-state index contributed by atoms with van der Waals surface area (Å²) in [6, 6.07) is 14.9. The highest BCUT2D eigenvalue weighted by atomic mass is 16.5. The fourth-order valence-electron chi connectivity index (χ4n) is 3.44. The van der Waals surface area contributed by atoms with E-state index in [-0.39, 0.29) is 24.5 Å². The molecule has 1 saturated heterocycles. The van der Waals surface area contributed by atoms with Crippen molar-refractivity contribution >= 4 is 17.5 Å². The lowest BCUT2D eigenvalue weighted by atomic mass is 10.0. The number of nitrogens with one attached hydrogen (secondary N) is 1. The van der Waals surface area contributed by atoms with Gasteiger partial charge in [0.1, 0.15) is 11.5 Å². The summed E-state index contributed by atoms with van der Waals surface area (Å²) in [5, 5.41) is 2.78. The van der Waals surface area contributed by atoms with Crippen LogP contribution >= 0.6 is 0 Å². The minimum absolute atomic E-state index is 0.0129. The number of benzene rings is 2. The molecule has 0 aliphatic carbocycles. The highest BCUT2D eigenvalue weighted by molar-refractivity contribution is 5.90. The van der Waals surface area contributed by atoms with Crippen molar-refractivity contribution in [2.24, 2.45) is 0 Å². The normalized spacial score (nSPS) is 15.9. The fraction of sp³-hybridized carbons (Fsp3) is 0.364. The van der Waals surface area contributed by atoms with Crippen LogP contribution in [0.2, 0.25) is 0 Å². The van der Waals surface area contributed by atoms with E-state index in [1.807, 2.05) is 29.2 Å². The van der Waals surface area contributed by atoms with Gasteiger partial charge in [0, 0.05) is 24.2 Å². The molecule has 1 fully saturated rings. The van der Waals surface area contributed by atoms with Crippen LogP contribution in [-0.2, 0) is 9.59 Å². The number of methoxy groups -OCH3 is 1. The van der Waals surface area contributed by atoms with Crippen molar-refractivity contribution < 1.29 is 19.1 Å². The monoisotopic (exact) mass is 382 g/mol. The lowest BCUT2D eigenvalue weighted by molar-refractivity contribution is -0.134. The van der Waals surface area contributed by atoms with Crippen molar-refractivity contribution in [2.75, 3.05) is 25.6 Å². The number of hydrogen-bond donors (Lipinski definition) is 1. The van der Waals surface area contributed by atoms with Crippen molar-refractivity contribution in [3.05, 3.63) is 54.1 Å². The Kier molecular flexibility index (Phi) is 6.53. The molecule has 1 atom stereocenters. The first-order valence-electron chi connectivity index (χ1n) is 9.57. The van der Waals surface area contributed by atoms with Crippen molar-refractivity contribution in [1.29, 1.82) is 0 Å². The van der Waals surface area contributed by atoms with Gasteiger partial charge in [0.2, 0.25) is 5.91 Å². The quantitative estimate of drug-likeness (QED) is 0.791. The highest BCUT2D eigenvalue weighted by Gasteiger charge is 2.31. The Morgan fingerprint density at radius 2 is 1.89 bits per heavy atom. The van der Waals surface area contributed by atoms with E-state index in [0.29, 0.717) is 24.4 Å². The molecule has 3 rings (SSSR count). The molecule has 148 valence electrons. The van der Waals surface area contributed by atoms with Gasteiger partial charge in [-0.2, -0.15) is 0 Å². The van der Waals surface area contributed by atoms with Crippen LogP contribution in [0.25, 0.3) is 0 Å². The van der Waals surface area contributed by atoms with E-state index in [4.69, 9.17) is 9.47 Å². The maximum atomic E-state index is 12.8. The maximum absolute atomic E-state index is 12.8. The molecule has 1 aliphatic rings. The molecule has 1 N–H and O–H groups in total. The van der Waals surface area contributed by atoms with Gasteiger partial charge in [0.15, 0.2) is 6.61 Å². The SMILES string of the molecule is CCC(=O)Nc1ccc(OCC(=O)N2CCCC2c2ccccc2OC)cc1. The van der Waals surface area contributed by atoms with Crippen LogP contribution in [-0.4, -0.2) is 37.0 Å². The molecular formula is C22H26N2O4. The van der Waals surface area contributed by atoms with Crippen LogP contribution in [0.4, 0.5) is 5.69 Å². The molecule has 2 aromatic rings. The van der Waals surface area contributed by atoms with Crippen LogP contribution in [0.1, 0.15) is 37.8 Å². The Balaban J connectivity index is 1.60. The molecule has 0 bridgehead atoms. The van der Waals surface area contributed by atoms with E-state index >= 15 is 0 Å². The van der Waals surface area contributed by atoms with Crippen LogP contribution in [0.3, 0.4) is 0 Å².